The third-order valence-electron chi connectivity index (χ3n) is 5.73. The van der Waals surface area contributed by atoms with E-state index in [4.69, 9.17) is 15.1 Å². The molecule has 180 valence electrons. The van der Waals surface area contributed by atoms with Gasteiger partial charge in [0.1, 0.15) is 23.5 Å². The van der Waals surface area contributed by atoms with Gasteiger partial charge < -0.3 is 25.1 Å². The summed E-state index contributed by atoms with van der Waals surface area (Å²) >= 11 is 1.43. The van der Waals surface area contributed by atoms with E-state index in [9.17, 15) is 14.7 Å². The summed E-state index contributed by atoms with van der Waals surface area (Å²) in [5, 5.41) is 14.1. The van der Waals surface area contributed by atoms with Crippen molar-refractivity contribution in [3.05, 3.63) is 47.3 Å². The van der Waals surface area contributed by atoms with Gasteiger partial charge in [-0.15, -0.1) is 11.3 Å². The number of carbonyl (C=O) groups excluding carboxylic acids is 2. The highest BCUT2D eigenvalue weighted by atomic mass is 32.1. The minimum atomic E-state index is -0.871. The zero-order chi connectivity index (χ0) is 24.4. The van der Waals surface area contributed by atoms with E-state index >= 15 is 0 Å². The number of β-amino-alcohol motifs (C(OH)–C–C–N with tert-alkyl or cyclic N) is 1. The number of hydroxylamine groups is 1. The van der Waals surface area contributed by atoms with Crippen LogP contribution in [-0.4, -0.2) is 50.7 Å². The fourth-order valence-electron chi connectivity index (χ4n) is 4.07. The lowest BCUT2D eigenvalue weighted by atomic mass is 9.91. The van der Waals surface area contributed by atoms with Crippen molar-refractivity contribution < 1.29 is 24.1 Å². The minimum Gasteiger partial charge on any atom is -0.391 e. The normalized spacial score (nSPS) is 18.8. The van der Waals surface area contributed by atoms with Crippen molar-refractivity contribution >= 4 is 29.0 Å². The Morgan fingerprint density at radius 1 is 1.32 bits per heavy atom. The van der Waals surface area contributed by atoms with E-state index in [-0.39, 0.29) is 24.8 Å². The first kappa shape index (κ1) is 23.7. The highest BCUT2D eigenvalue weighted by molar-refractivity contribution is 7.13. The van der Waals surface area contributed by atoms with E-state index < -0.39 is 24.0 Å². The zero-order valence-electron chi connectivity index (χ0n) is 19.1. The van der Waals surface area contributed by atoms with Gasteiger partial charge in [-0.2, -0.15) is 5.48 Å². The number of rotatable bonds is 7. The van der Waals surface area contributed by atoms with E-state index in [1.165, 1.54) is 16.2 Å². The van der Waals surface area contributed by atoms with Gasteiger partial charge in [-0.25, -0.2) is 4.98 Å². The number of thiazole rings is 1. The van der Waals surface area contributed by atoms with Crippen LogP contribution in [0.4, 0.5) is 5.82 Å². The van der Waals surface area contributed by atoms with Crippen LogP contribution in [0.25, 0.3) is 10.4 Å². The predicted octanol–water partition coefficient (Wildman–Crippen LogP) is 2.50. The molecular weight excluding hydrogens is 458 g/mol. The van der Waals surface area contributed by atoms with Crippen molar-refractivity contribution in [3.8, 4) is 16.2 Å². The molecule has 1 fully saturated rings. The molecule has 3 heterocycles. The number of hydrogen-bond acceptors (Lipinski definition) is 9. The largest absolute Gasteiger partial charge is 0.391 e. The Morgan fingerprint density at radius 2 is 2.06 bits per heavy atom. The number of aryl methyl sites for hydroxylation is 1. The average molecular weight is 486 g/mol. The first-order valence-electron chi connectivity index (χ1n) is 10.9. The Labute approximate surface area is 200 Å². The van der Waals surface area contributed by atoms with Gasteiger partial charge in [0, 0.05) is 19.0 Å². The molecule has 4 N–H and O–H groups in total. The molecule has 0 aliphatic carbocycles. The molecule has 0 bridgehead atoms. The van der Waals surface area contributed by atoms with E-state index in [1.807, 2.05) is 26.0 Å². The maximum Gasteiger partial charge on any atom is 0.275 e. The fraction of sp³-hybridized carbons (Fsp3) is 0.391. The predicted molar refractivity (Wildman–Crippen MR) is 126 cm³/mol. The summed E-state index contributed by atoms with van der Waals surface area (Å²) in [5.41, 5.74) is 11.5. The Morgan fingerprint density at radius 3 is 2.65 bits per heavy atom. The summed E-state index contributed by atoms with van der Waals surface area (Å²) < 4.78 is 5.34. The number of nitrogens with two attached hydrogens (primary N) is 1. The molecule has 1 saturated heterocycles. The van der Waals surface area contributed by atoms with Crippen molar-refractivity contribution in [2.24, 2.45) is 5.92 Å². The molecule has 1 aliphatic rings. The summed E-state index contributed by atoms with van der Waals surface area (Å²) in [7, 11) is 0. The molecule has 34 heavy (non-hydrogen) atoms. The highest BCUT2D eigenvalue weighted by Crippen LogP contribution is 2.32. The van der Waals surface area contributed by atoms with E-state index in [1.54, 1.807) is 30.6 Å². The Balaban J connectivity index is 1.43. The van der Waals surface area contributed by atoms with E-state index in [0.29, 0.717) is 23.0 Å². The van der Waals surface area contributed by atoms with Gasteiger partial charge in [0.05, 0.1) is 22.2 Å². The summed E-state index contributed by atoms with van der Waals surface area (Å²) in [6.07, 6.45) is -0.696. The number of nitrogens with zero attached hydrogens (tertiary/aromatic N) is 3. The highest BCUT2D eigenvalue weighted by Gasteiger charge is 2.43. The molecule has 3 unspecified atom stereocenters. The number of nitrogen functional groups attached to an aromatic ring is 1. The van der Waals surface area contributed by atoms with Crippen molar-refractivity contribution in [1.29, 1.82) is 0 Å². The van der Waals surface area contributed by atoms with E-state index in [0.717, 1.165) is 10.4 Å². The molecule has 2 amide bonds. The number of likely N-dealkylation sites (tertiary alicyclic amines) is 1. The number of carbonyl (C=O) groups is 2. The summed E-state index contributed by atoms with van der Waals surface area (Å²) in [5.74, 6) is -0.217. The SMILES string of the molecule is Cc1cc(C(C(=O)N2CC(O)CC2C(=O)NOc2ccc(-c3scnc3N)cc2)C(C)C)on1. The van der Waals surface area contributed by atoms with Gasteiger partial charge >= 0.3 is 0 Å². The summed E-state index contributed by atoms with van der Waals surface area (Å²) in [4.78, 5) is 38.0. The maximum absolute atomic E-state index is 13.4. The van der Waals surface area contributed by atoms with Crippen LogP contribution in [0.15, 0.2) is 40.4 Å². The monoisotopic (exact) mass is 485 g/mol. The van der Waals surface area contributed by atoms with Crippen molar-refractivity contribution in [3.63, 3.8) is 0 Å². The van der Waals surface area contributed by atoms with Crippen LogP contribution in [0.2, 0.25) is 0 Å². The average Bonchev–Trinajstić information content (AvgIpc) is 3.52. The number of amides is 2. The van der Waals surface area contributed by atoms with E-state index in [2.05, 4.69) is 15.6 Å². The van der Waals surface area contributed by atoms with Crippen LogP contribution in [0.3, 0.4) is 0 Å². The molecule has 2 aromatic heterocycles. The number of aliphatic hydroxyl groups is 1. The number of benzene rings is 1. The van der Waals surface area contributed by atoms with Gasteiger partial charge in [-0.1, -0.05) is 19.0 Å². The van der Waals surface area contributed by atoms with Crippen LogP contribution in [-0.2, 0) is 9.59 Å². The summed E-state index contributed by atoms with van der Waals surface area (Å²) in [6, 6.07) is 7.87. The lowest BCUT2D eigenvalue weighted by molar-refractivity contribution is -0.143. The molecule has 0 spiro atoms. The topological polar surface area (TPSA) is 144 Å². The van der Waals surface area contributed by atoms with Gasteiger partial charge in [0.15, 0.2) is 5.75 Å². The van der Waals surface area contributed by atoms with Gasteiger partial charge in [-0.05, 0) is 42.7 Å². The number of aromatic nitrogens is 2. The molecule has 4 rings (SSSR count). The molecule has 1 aliphatic heterocycles. The van der Waals surface area contributed by atoms with Crippen LogP contribution < -0.4 is 16.1 Å². The van der Waals surface area contributed by atoms with Gasteiger partial charge in [0.25, 0.3) is 5.91 Å². The van der Waals surface area contributed by atoms with Crippen LogP contribution in [0.5, 0.6) is 5.75 Å². The van der Waals surface area contributed by atoms with Crippen molar-refractivity contribution in [2.75, 3.05) is 12.3 Å². The van der Waals surface area contributed by atoms with Crippen LogP contribution >= 0.6 is 11.3 Å². The lowest BCUT2D eigenvalue weighted by Gasteiger charge is -2.28. The number of aliphatic hydroxyl groups excluding tert-OH is 1. The fourth-order valence-corrected chi connectivity index (χ4v) is 4.79. The zero-order valence-corrected chi connectivity index (χ0v) is 19.9. The molecule has 0 saturated carbocycles. The minimum absolute atomic E-state index is 0.0538. The molecule has 3 aromatic rings. The molecule has 11 heteroatoms. The molecule has 3 atom stereocenters. The van der Waals surface area contributed by atoms with Crippen LogP contribution in [0, 0.1) is 12.8 Å². The smallest absolute Gasteiger partial charge is 0.275 e. The second-order valence-corrected chi connectivity index (χ2v) is 9.50. The molecule has 10 nitrogen and oxygen atoms in total. The van der Waals surface area contributed by atoms with Crippen molar-refractivity contribution in [1.82, 2.24) is 20.5 Å². The molecule has 1 aromatic carbocycles. The number of nitrogens with one attached hydrogen (secondary N) is 1. The Kier molecular flexibility index (Phi) is 6.85. The lowest BCUT2D eigenvalue weighted by Crippen LogP contribution is -2.48. The third kappa shape index (κ3) is 4.90. The maximum atomic E-state index is 13.4. The van der Waals surface area contributed by atoms with Gasteiger partial charge in [-0.3, -0.25) is 9.59 Å². The summed E-state index contributed by atoms with van der Waals surface area (Å²) in [6.45, 7) is 5.63. The molecular formula is C23H27N5O5S. The second-order valence-electron chi connectivity index (χ2n) is 8.65. The van der Waals surface area contributed by atoms with Crippen molar-refractivity contribution in [2.45, 2.75) is 45.3 Å². The molecule has 0 radical (unpaired) electrons. The first-order valence-corrected chi connectivity index (χ1v) is 11.8. The van der Waals surface area contributed by atoms with Crippen LogP contribution in [0.1, 0.15) is 37.6 Å². The quantitative estimate of drug-likeness (QED) is 0.433. The van der Waals surface area contributed by atoms with Gasteiger partial charge in [0.2, 0.25) is 5.91 Å². The third-order valence-corrected chi connectivity index (χ3v) is 6.62. The second kappa shape index (κ2) is 9.82. The Bertz CT molecular complexity index is 1160. The standard InChI is InChI=1S/C23H27N5O5S/c1-12(2)19(18-8-13(3)26-33-18)23(31)28-10-15(29)9-17(28)22(30)27-32-16-6-4-14(5-7-16)20-21(24)25-11-34-20/h4-8,11-12,15,17,19,29H,9-10,24H2,1-3H3,(H,27,30). The Hall–Kier alpha value is -3.44. The first-order chi connectivity index (χ1) is 16.2. The number of anilines is 1. The number of hydrogen-bond donors (Lipinski definition) is 3.